The fraction of sp³-hybridized carbons (Fsp3) is 0.375. The molecule has 0 saturated carbocycles. The van der Waals surface area contributed by atoms with E-state index in [1.54, 1.807) is 12.6 Å². The van der Waals surface area contributed by atoms with Crippen LogP contribution in [-0.4, -0.2) is 49.1 Å². The molecule has 116 valence electrons. The first-order valence-electron chi connectivity index (χ1n) is 7.27. The highest BCUT2D eigenvalue weighted by molar-refractivity contribution is 7.11. The van der Waals surface area contributed by atoms with Crippen LogP contribution in [0, 0.1) is 6.92 Å². The van der Waals surface area contributed by atoms with Crippen molar-refractivity contribution in [1.29, 1.82) is 0 Å². The van der Waals surface area contributed by atoms with Crippen molar-refractivity contribution in [3.8, 4) is 5.75 Å². The van der Waals surface area contributed by atoms with Crippen molar-refractivity contribution in [3.63, 3.8) is 0 Å². The van der Waals surface area contributed by atoms with Gasteiger partial charge in [0.1, 0.15) is 10.6 Å². The summed E-state index contributed by atoms with van der Waals surface area (Å²) in [6.45, 7) is 5.05. The summed E-state index contributed by atoms with van der Waals surface area (Å²) in [5.74, 6) is 0.965. The predicted molar refractivity (Wildman–Crippen MR) is 88.0 cm³/mol. The van der Waals surface area contributed by atoms with Gasteiger partial charge in [-0.1, -0.05) is 0 Å². The van der Waals surface area contributed by atoms with Crippen LogP contribution in [0.4, 0.5) is 5.69 Å². The molecule has 1 aromatic heterocycles. The summed E-state index contributed by atoms with van der Waals surface area (Å²) in [5, 5.41) is 0. The Morgan fingerprint density at radius 2 is 1.86 bits per heavy atom. The molecule has 0 N–H and O–H groups in total. The second kappa shape index (κ2) is 6.36. The molecule has 1 aliphatic rings. The number of nitrogens with zero attached hydrogens (tertiary/aromatic N) is 3. The zero-order chi connectivity index (χ0) is 15.5. The van der Waals surface area contributed by atoms with Gasteiger partial charge in [0.15, 0.2) is 0 Å². The van der Waals surface area contributed by atoms with Crippen molar-refractivity contribution < 1.29 is 9.53 Å². The number of ether oxygens (including phenoxy) is 1. The fourth-order valence-electron chi connectivity index (χ4n) is 2.61. The molecule has 2 aromatic rings. The summed E-state index contributed by atoms with van der Waals surface area (Å²) in [5.41, 5.74) is 3.73. The van der Waals surface area contributed by atoms with Crippen LogP contribution in [0.15, 0.2) is 29.8 Å². The average molecular weight is 317 g/mol. The van der Waals surface area contributed by atoms with E-state index in [9.17, 15) is 4.79 Å². The van der Waals surface area contributed by atoms with E-state index in [2.05, 4.69) is 22.0 Å². The van der Waals surface area contributed by atoms with Crippen LogP contribution < -0.4 is 9.64 Å². The van der Waals surface area contributed by atoms with Crippen molar-refractivity contribution in [3.05, 3.63) is 40.3 Å². The largest absolute Gasteiger partial charge is 0.497 e. The first kappa shape index (κ1) is 14.8. The summed E-state index contributed by atoms with van der Waals surface area (Å²) in [6.07, 6.45) is 0. The van der Waals surface area contributed by atoms with Crippen LogP contribution in [-0.2, 0) is 0 Å². The topological polar surface area (TPSA) is 45.7 Å². The van der Waals surface area contributed by atoms with Gasteiger partial charge in [-0.25, -0.2) is 4.98 Å². The Balaban J connectivity index is 1.62. The molecule has 1 saturated heterocycles. The van der Waals surface area contributed by atoms with Crippen LogP contribution in [0.25, 0.3) is 0 Å². The van der Waals surface area contributed by atoms with Crippen LogP contribution in [0.3, 0.4) is 0 Å². The lowest BCUT2D eigenvalue weighted by molar-refractivity contribution is 0.0750. The van der Waals surface area contributed by atoms with Crippen molar-refractivity contribution in [1.82, 2.24) is 9.88 Å². The van der Waals surface area contributed by atoms with E-state index in [0.29, 0.717) is 0 Å². The predicted octanol–water partition coefficient (Wildman–Crippen LogP) is 2.42. The molecule has 0 aliphatic carbocycles. The third-order valence-corrected chi connectivity index (χ3v) is 4.86. The maximum atomic E-state index is 12.5. The van der Waals surface area contributed by atoms with Crippen molar-refractivity contribution in [2.45, 2.75) is 6.92 Å². The summed E-state index contributed by atoms with van der Waals surface area (Å²) < 4.78 is 5.18. The first-order chi connectivity index (χ1) is 10.7. The average Bonchev–Trinajstić information content (AvgIpc) is 3.00. The van der Waals surface area contributed by atoms with Gasteiger partial charge in [-0.15, -0.1) is 11.3 Å². The lowest BCUT2D eigenvalue weighted by Crippen LogP contribution is -2.48. The Morgan fingerprint density at radius 1 is 1.18 bits per heavy atom. The number of aromatic nitrogens is 1. The number of piperazine rings is 1. The molecular formula is C16H19N3O2S. The number of carbonyl (C=O) groups excluding carboxylic acids is 1. The molecule has 1 fully saturated rings. The Morgan fingerprint density at radius 3 is 2.41 bits per heavy atom. The summed E-state index contributed by atoms with van der Waals surface area (Å²) in [7, 11) is 1.67. The van der Waals surface area contributed by atoms with Crippen LogP contribution in [0.2, 0.25) is 0 Å². The molecule has 0 unspecified atom stereocenters. The Bertz CT molecular complexity index is 646. The molecular weight excluding hydrogens is 298 g/mol. The van der Waals surface area contributed by atoms with Crippen LogP contribution >= 0.6 is 11.3 Å². The van der Waals surface area contributed by atoms with Gasteiger partial charge in [0.2, 0.25) is 0 Å². The summed E-state index contributed by atoms with van der Waals surface area (Å²) in [4.78, 5) is 21.6. The molecule has 0 atom stereocenters. The molecule has 2 heterocycles. The van der Waals surface area contributed by atoms with Gasteiger partial charge in [-0.05, 0) is 31.2 Å². The normalized spacial score (nSPS) is 15.0. The van der Waals surface area contributed by atoms with Crippen molar-refractivity contribution >= 4 is 22.9 Å². The number of aryl methyl sites for hydroxylation is 1. The maximum absolute atomic E-state index is 12.5. The minimum atomic E-state index is 0.106. The van der Waals surface area contributed by atoms with Gasteiger partial charge in [0, 0.05) is 31.9 Å². The maximum Gasteiger partial charge on any atom is 0.265 e. The number of hydrogen-bond donors (Lipinski definition) is 0. The van der Waals surface area contributed by atoms with E-state index in [-0.39, 0.29) is 5.91 Å². The Hall–Kier alpha value is -2.08. The number of benzene rings is 1. The van der Waals surface area contributed by atoms with E-state index in [4.69, 9.17) is 4.74 Å². The third-order valence-electron chi connectivity index (χ3n) is 3.94. The molecule has 5 nitrogen and oxygen atoms in total. The fourth-order valence-corrected chi connectivity index (χ4v) is 3.38. The number of carbonyl (C=O) groups is 1. The minimum Gasteiger partial charge on any atom is -0.497 e. The van der Waals surface area contributed by atoms with Gasteiger partial charge in [-0.2, -0.15) is 0 Å². The van der Waals surface area contributed by atoms with Crippen LogP contribution in [0.1, 0.15) is 15.4 Å². The van der Waals surface area contributed by atoms with Gasteiger partial charge >= 0.3 is 0 Å². The molecule has 1 amide bonds. The van der Waals surface area contributed by atoms with E-state index in [1.807, 2.05) is 24.0 Å². The van der Waals surface area contributed by atoms with E-state index < -0.39 is 0 Å². The number of thiazole rings is 1. The molecule has 0 spiro atoms. The van der Waals surface area contributed by atoms with E-state index in [0.717, 1.165) is 42.5 Å². The van der Waals surface area contributed by atoms with Gasteiger partial charge in [0.05, 0.1) is 18.3 Å². The van der Waals surface area contributed by atoms with Crippen molar-refractivity contribution in [2.75, 3.05) is 38.2 Å². The quantitative estimate of drug-likeness (QED) is 0.872. The lowest BCUT2D eigenvalue weighted by atomic mass is 10.2. The number of amides is 1. The molecule has 0 radical (unpaired) electrons. The molecule has 1 aromatic carbocycles. The van der Waals surface area contributed by atoms with Crippen molar-refractivity contribution in [2.24, 2.45) is 0 Å². The number of anilines is 1. The van der Waals surface area contributed by atoms with E-state index in [1.165, 1.54) is 17.0 Å². The highest BCUT2D eigenvalue weighted by Crippen LogP contribution is 2.22. The molecule has 0 bridgehead atoms. The van der Waals surface area contributed by atoms with E-state index >= 15 is 0 Å². The molecule has 1 aliphatic heterocycles. The SMILES string of the molecule is COc1ccc(N2CCN(C(=O)c3scnc3C)CC2)cc1. The lowest BCUT2D eigenvalue weighted by Gasteiger charge is -2.36. The summed E-state index contributed by atoms with van der Waals surface area (Å²) in [6, 6.07) is 8.05. The summed E-state index contributed by atoms with van der Waals surface area (Å²) >= 11 is 1.42. The Kier molecular flexibility index (Phi) is 4.29. The standard InChI is InChI=1S/C16H19N3O2S/c1-12-15(22-11-17-12)16(20)19-9-7-18(8-10-19)13-3-5-14(21-2)6-4-13/h3-6,11H,7-10H2,1-2H3. The second-order valence-electron chi connectivity index (χ2n) is 5.24. The highest BCUT2D eigenvalue weighted by Gasteiger charge is 2.24. The number of rotatable bonds is 3. The smallest absolute Gasteiger partial charge is 0.265 e. The zero-order valence-electron chi connectivity index (χ0n) is 12.8. The number of methoxy groups -OCH3 is 1. The third kappa shape index (κ3) is 2.92. The van der Waals surface area contributed by atoms with Gasteiger partial charge in [0.25, 0.3) is 5.91 Å². The zero-order valence-corrected chi connectivity index (χ0v) is 13.6. The second-order valence-corrected chi connectivity index (χ2v) is 6.10. The molecule has 3 rings (SSSR count). The van der Waals surface area contributed by atoms with Gasteiger partial charge < -0.3 is 14.5 Å². The van der Waals surface area contributed by atoms with Gasteiger partial charge in [-0.3, -0.25) is 4.79 Å². The highest BCUT2D eigenvalue weighted by atomic mass is 32.1. The monoisotopic (exact) mass is 317 g/mol. The number of hydrogen-bond acceptors (Lipinski definition) is 5. The minimum absolute atomic E-state index is 0.106. The van der Waals surface area contributed by atoms with Crippen LogP contribution in [0.5, 0.6) is 5.75 Å². The Labute approximate surface area is 134 Å². The molecule has 22 heavy (non-hydrogen) atoms. The molecule has 6 heteroatoms. The first-order valence-corrected chi connectivity index (χ1v) is 8.15.